The van der Waals surface area contributed by atoms with Gasteiger partial charge in [-0.2, -0.15) is 36.2 Å². The zero-order valence-corrected chi connectivity index (χ0v) is 11.2. The van der Waals surface area contributed by atoms with E-state index in [4.69, 9.17) is 0 Å². The van der Waals surface area contributed by atoms with E-state index in [1.807, 2.05) is 0 Å². The fraction of sp³-hybridized carbons (Fsp3) is 0.750. The lowest BCUT2D eigenvalue weighted by molar-refractivity contribution is -0.180. The van der Waals surface area contributed by atoms with Crippen molar-refractivity contribution < 1.29 is 29.5 Å². The van der Waals surface area contributed by atoms with E-state index in [0.717, 1.165) is 0 Å². The maximum Gasteiger partial charge on any atom is 0.357 e. The van der Waals surface area contributed by atoms with Crippen LogP contribution in [0.1, 0.15) is 0 Å². The summed E-state index contributed by atoms with van der Waals surface area (Å²) >= 11 is 7.68. The molecule has 0 fully saturated rings. The zero-order chi connectivity index (χ0) is 14.0. The molecule has 0 aliphatic rings. The largest absolute Gasteiger partial charge is 0.379 e. The van der Waals surface area contributed by atoms with Gasteiger partial charge >= 0.3 is 11.9 Å². The van der Waals surface area contributed by atoms with Crippen molar-refractivity contribution >= 4 is 37.2 Å². The number of hydroxylamine groups is 2. The Morgan fingerprint density at radius 1 is 0.944 bits per heavy atom. The summed E-state index contributed by atoms with van der Waals surface area (Å²) in [5.41, 5.74) is 4.37. The molecule has 10 heteroatoms. The Kier molecular flexibility index (Phi) is 10.1. The van der Waals surface area contributed by atoms with Crippen LogP contribution in [-0.2, 0) is 19.3 Å². The SMILES string of the molecule is O=C(ONCCS)C(O)C(O)C(=O)ONCCS. The second-order valence-electron chi connectivity index (χ2n) is 2.97. The number of hydrogen-bond donors (Lipinski definition) is 6. The van der Waals surface area contributed by atoms with E-state index in [0.29, 0.717) is 11.5 Å². The van der Waals surface area contributed by atoms with E-state index in [-0.39, 0.29) is 13.1 Å². The Morgan fingerprint density at radius 2 is 1.28 bits per heavy atom. The summed E-state index contributed by atoms with van der Waals surface area (Å²) < 4.78 is 0. The van der Waals surface area contributed by atoms with Crippen LogP contribution < -0.4 is 11.0 Å². The lowest BCUT2D eigenvalue weighted by Crippen LogP contribution is -2.44. The van der Waals surface area contributed by atoms with Gasteiger partial charge in [0.1, 0.15) is 0 Å². The Labute approximate surface area is 115 Å². The van der Waals surface area contributed by atoms with Crippen LogP contribution in [0.3, 0.4) is 0 Å². The third-order valence-electron chi connectivity index (χ3n) is 1.56. The molecule has 0 saturated carbocycles. The van der Waals surface area contributed by atoms with Gasteiger partial charge < -0.3 is 19.9 Å². The lowest BCUT2D eigenvalue weighted by Gasteiger charge is -2.15. The summed E-state index contributed by atoms with van der Waals surface area (Å²) in [7, 11) is 0. The van der Waals surface area contributed by atoms with Crippen molar-refractivity contribution in [3.05, 3.63) is 0 Å². The maximum atomic E-state index is 11.1. The second kappa shape index (κ2) is 10.4. The molecule has 8 nitrogen and oxygen atoms in total. The average Bonchev–Trinajstić information content (AvgIpc) is 2.37. The van der Waals surface area contributed by atoms with Crippen LogP contribution in [0.15, 0.2) is 0 Å². The number of nitrogens with one attached hydrogen (secondary N) is 2. The van der Waals surface area contributed by atoms with Crippen LogP contribution in [0.2, 0.25) is 0 Å². The molecule has 0 aromatic heterocycles. The van der Waals surface area contributed by atoms with E-state index in [1.54, 1.807) is 0 Å². The zero-order valence-electron chi connectivity index (χ0n) is 9.40. The number of aliphatic hydroxyl groups is 2. The number of carbonyl (C=O) groups excluding carboxylic acids is 2. The van der Waals surface area contributed by atoms with Crippen LogP contribution >= 0.6 is 25.3 Å². The van der Waals surface area contributed by atoms with Crippen molar-refractivity contribution in [2.24, 2.45) is 0 Å². The molecule has 0 bridgehead atoms. The topological polar surface area (TPSA) is 117 Å². The first kappa shape index (κ1) is 17.5. The molecule has 4 N–H and O–H groups in total. The van der Waals surface area contributed by atoms with E-state index < -0.39 is 24.1 Å². The van der Waals surface area contributed by atoms with Crippen molar-refractivity contribution in [1.82, 2.24) is 11.0 Å². The third-order valence-corrected chi connectivity index (χ3v) is 2.00. The van der Waals surface area contributed by atoms with E-state index in [1.165, 1.54) is 0 Å². The van der Waals surface area contributed by atoms with E-state index in [9.17, 15) is 19.8 Å². The van der Waals surface area contributed by atoms with Gasteiger partial charge in [0.15, 0.2) is 12.2 Å². The molecule has 0 amide bonds. The van der Waals surface area contributed by atoms with Gasteiger partial charge in [0.2, 0.25) is 0 Å². The van der Waals surface area contributed by atoms with Gasteiger partial charge in [-0.3, -0.25) is 0 Å². The molecule has 0 rings (SSSR count). The highest BCUT2D eigenvalue weighted by molar-refractivity contribution is 7.80. The normalized spacial score (nSPS) is 13.8. The fourth-order valence-corrected chi connectivity index (χ4v) is 0.897. The summed E-state index contributed by atoms with van der Waals surface area (Å²) in [6.07, 6.45) is -4.08. The molecule has 0 spiro atoms. The van der Waals surface area contributed by atoms with Crippen molar-refractivity contribution in [2.75, 3.05) is 24.6 Å². The highest BCUT2D eigenvalue weighted by atomic mass is 32.1. The summed E-state index contributed by atoms with van der Waals surface area (Å²) in [6.45, 7) is 0.511. The fourth-order valence-electron chi connectivity index (χ4n) is 0.714. The molecule has 0 aliphatic carbocycles. The molecule has 0 radical (unpaired) electrons. The summed E-state index contributed by atoms with van der Waals surface area (Å²) in [5, 5.41) is 18.6. The van der Waals surface area contributed by atoms with Gasteiger partial charge in [-0.05, 0) is 0 Å². The Balaban J connectivity index is 4.02. The second-order valence-corrected chi connectivity index (χ2v) is 3.86. The molecule has 0 aromatic rings. The first-order chi connectivity index (χ1) is 8.54. The van der Waals surface area contributed by atoms with E-state index >= 15 is 0 Å². The Bertz CT molecular complexity index is 242. The Morgan fingerprint density at radius 3 is 1.56 bits per heavy atom. The van der Waals surface area contributed by atoms with Gasteiger partial charge in [0, 0.05) is 24.6 Å². The number of carbonyl (C=O) groups is 2. The van der Waals surface area contributed by atoms with Crippen molar-refractivity contribution in [3.8, 4) is 0 Å². The molecule has 0 heterocycles. The van der Waals surface area contributed by atoms with Gasteiger partial charge in [-0.25, -0.2) is 9.59 Å². The molecule has 0 aliphatic heterocycles. The molecular formula is C8H16N2O6S2. The smallest absolute Gasteiger partial charge is 0.357 e. The number of hydrogen-bond acceptors (Lipinski definition) is 10. The molecule has 0 saturated heterocycles. The van der Waals surface area contributed by atoms with Crippen molar-refractivity contribution in [2.45, 2.75) is 12.2 Å². The highest BCUT2D eigenvalue weighted by Gasteiger charge is 2.33. The Hall–Kier alpha value is -0.520. The van der Waals surface area contributed by atoms with Crippen LogP contribution in [0, 0.1) is 0 Å². The van der Waals surface area contributed by atoms with Crippen LogP contribution in [0.25, 0.3) is 0 Å². The molecule has 2 unspecified atom stereocenters. The summed E-state index contributed by atoms with van der Waals surface area (Å²) in [6, 6.07) is 0. The molecule has 106 valence electrons. The first-order valence-corrected chi connectivity index (χ1v) is 6.26. The monoisotopic (exact) mass is 300 g/mol. The maximum absolute atomic E-state index is 11.1. The van der Waals surface area contributed by atoms with Gasteiger partial charge in [0.05, 0.1) is 0 Å². The predicted octanol–water partition coefficient (Wildman–Crippen LogP) is -2.34. The molecule has 18 heavy (non-hydrogen) atoms. The molecule has 2 atom stereocenters. The molecular weight excluding hydrogens is 284 g/mol. The van der Waals surface area contributed by atoms with Crippen LogP contribution in [0.5, 0.6) is 0 Å². The quantitative estimate of drug-likeness (QED) is 0.159. The van der Waals surface area contributed by atoms with Gasteiger partial charge in [-0.1, -0.05) is 0 Å². The third kappa shape index (κ3) is 7.03. The van der Waals surface area contributed by atoms with E-state index in [2.05, 4.69) is 45.9 Å². The summed E-state index contributed by atoms with van der Waals surface area (Å²) in [4.78, 5) is 31.0. The predicted molar refractivity (Wildman–Crippen MR) is 67.9 cm³/mol. The van der Waals surface area contributed by atoms with Crippen molar-refractivity contribution in [3.63, 3.8) is 0 Å². The van der Waals surface area contributed by atoms with Gasteiger partial charge in [-0.15, -0.1) is 0 Å². The molecule has 0 aromatic carbocycles. The van der Waals surface area contributed by atoms with Crippen molar-refractivity contribution in [1.29, 1.82) is 0 Å². The highest BCUT2D eigenvalue weighted by Crippen LogP contribution is 1.98. The van der Waals surface area contributed by atoms with Crippen LogP contribution in [0.4, 0.5) is 0 Å². The minimum absolute atomic E-state index is 0.256. The minimum Gasteiger partial charge on any atom is -0.379 e. The average molecular weight is 300 g/mol. The minimum atomic E-state index is -2.04. The van der Waals surface area contributed by atoms with Gasteiger partial charge in [0.25, 0.3) is 0 Å². The first-order valence-electron chi connectivity index (χ1n) is 4.99. The summed E-state index contributed by atoms with van der Waals surface area (Å²) in [5.74, 6) is -1.59. The standard InChI is InChI=1S/C8H16N2O6S2/c11-5(7(13)15-9-1-3-17)6(12)8(14)16-10-2-4-18/h5-6,9-12,17-18H,1-4H2. The van der Waals surface area contributed by atoms with Crippen LogP contribution in [-0.4, -0.2) is 59.0 Å². The number of rotatable bonds is 9. The number of thiol groups is 2. The lowest BCUT2D eigenvalue weighted by atomic mass is 10.2. The number of aliphatic hydroxyl groups excluding tert-OH is 2.